The Morgan fingerprint density at radius 1 is 1.24 bits per heavy atom. The number of aryl methyl sites for hydroxylation is 1. The summed E-state index contributed by atoms with van der Waals surface area (Å²) >= 11 is 5.74. The molecule has 3 nitrogen and oxygen atoms in total. The van der Waals surface area contributed by atoms with Crippen LogP contribution in [0.3, 0.4) is 0 Å². The van der Waals surface area contributed by atoms with E-state index in [1.807, 2.05) is 31.2 Å². The second-order valence-electron chi connectivity index (χ2n) is 4.63. The number of benzene rings is 2. The van der Waals surface area contributed by atoms with Crippen LogP contribution < -0.4 is 5.32 Å². The van der Waals surface area contributed by atoms with Crippen molar-refractivity contribution in [1.29, 1.82) is 0 Å². The Morgan fingerprint density at radius 2 is 1.90 bits per heavy atom. The van der Waals surface area contributed by atoms with Crippen molar-refractivity contribution >= 4 is 23.3 Å². The standard InChI is InChI=1S/C16H15ClFNO2/c1-10-3-6-12(7-4-10)19-15(16(20)21-2)13-8-5-11(17)9-14(13)18/h3-9,15,19H,1-2H3. The van der Waals surface area contributed by atoms with Crippen molar-refractivity contribution in [2.75, 3.05) is 12.4 Å². The third-order valence-electron chi connectivity index (χ3n) is 3.07. The number of carbonyl (C=O) groups excluding carboxylic acids is 1. The molecule has 0 radical (unpaired) electrons. The van der Waals surface area contributed by atoms with Crippen LogP contribution in [0.5, 0.6) is 0 Å². The fourth-order valence-corrected chi connectivity index (χ4v) is 2.09. The van der Waals surface area contributed by atoms with Crippen LogP contribution in [0.25, 0.3) is 0 Å². The molecule has 5 heteroatoms. The average Bonchev–Trinajstić information content (AvgIpc) is 2.47. The lowest BCUT2D eigenvalue weighted by Gasteiger charge is -2.19. The van der Waals surface area contributed by atoms with Gasteiger partial charge in [0.25, 0.3) is 0 Å². The highest BCUT2D eigenvalue weighted by Crippen LogP contribution is 2.25. The van der Waals surface area contributed by atoms with Crippen LogP contribution in [0, 0.1) is 12.7 Å². The lowest BCUT2D eigenvalue weighted by atomic mass is 10.1. The molecule has 0 aliphatic rings. The first-order valence-corrected chi connectivity index (χ1v) is 6.75. The number of nitrogens with one attached hydrogen (secondary N) is 1. The molecule has 2 rings (SSSR count). The molecule has 0 spiro atoms. The van der Waals surface area contributed by atoms with E-state index in [-0.39, 0.29) is 10.6 Å². The van der Waals surface area contributed by atoms with E-state index in [2.05, 4.69) is 5.32 Å². The summed E-state index contributed by atoms with van der Waals surface area (Å²) in [5.41, 5.74) is 1.98. The Labute approximate surface area is 127 Å². The molecular weight excluding hydrogens is 293 g/mol. The zero-order valence-corrected chi connectivity index (χ0v) is 12.4. The molecule has 0 fully saturated rings. The van der Waals surface area contributed by atoms with E-state index in [0.29, 0.717) is 5.69 Å². The molecular formula is C16H15ClFNO2. The van der Waals surface area contributed by atoms with Gasteiger partial charge in [0.15, 0.2) is 6.04 Å². The molecule has 1 N–H and O–H groups in total. The summed E-state index contributed by atoms with van der Waals surface area (Å²) in [6.45, 7) is 1.96. The van der Waals surface area contributed by atoms with Gasteiger partial charge in [-0.2, -0.15) is 0 Å². The summed E-state index contributed by atoms with van der Waals surface area (Å²) in [6, 6.07) is 10.7. The molecule has 1 unspecified atom stereocenters. The summed E-state index contributed by atoms with van der Waals surface area (Å²) in [7, 11) is 1.26. The fraction of sp³-hybridized carbons (Fsp3) is 0.188. The van der Waals surface area contributed by atoms with Gasteiger partial charge in [0.05, 0.1) is 7.11 Å². The normalized spacial score (nSPS) is 11.8. The van der Waals surface area contributed by atoms with Crippen LogP contribution in [0.2, 0.25) is 5.02 Å². The Kier molecular flexibility index (Phi) is 4.81. The van der Waals surface area contributed by atoms with Gasteiger partial charge in [-0.05, 0) is 31.2 Å². The summed E-state index contributed by atoms with van der Waals surface area (Å²) in [5.74, 6) is -1.13. The van der Waals surface area contributed by atoms with Crippen LogP contribution in [0.1, 0.15) is 17.2 Å². The number of hydrogen-bond donors (Lipinski definition) is 1. The zero-order valence-electron chi connectivity index (χ0n) is 11.7. The second-order valence-corrected chi connectivity index (χ2v) is 5.07. The Hall–Kier alpha value is -2.07. The number of ether oxygens (including phenoxy) is 1. The minimum absolute atomic E-state index is 0.187. The minimum Gasteiger partial charge on any atom is -0.467 e. The summed E-state index contributed by atoms with van der Waals surface area (Å²) in [5, 5.41) is 3.25. The molecule has 2 aromatic carbocycles. The number of hydrogen-bond acceptors (Lipinski definition) is 3. The highest BCUT2D eigenvalue weighted by Gasteiger charge is 2.24. The maximum absolute atomic E-state index is 14.0. The number of esters is 1. The maximum Gasteiger partial charge on any atom is 0.333 e. The molecule has 1 atom stereocenters. The number of rotatable bonds is 4. The van der Waals surface area contributed by atoms with Crippen molar-refractivity contribution in [3.8, 4) is 0 Å². The van der Waals surface area contributed by atoms with Crippen LogP contribution >= 0.6 is 11.6 Å². The molecule has 0 bridgehead atoms. The third-order valence-corrected chi connectivity index (χ3v) is 3.31. The van der Waals surface area contributed by atoms with Crippen LogP contribution in [0.4, 0.5) is 10.1 Å². The second kappa shape index (κ2) is 6.59. The number of methoxy groups -OCH3 is 1. The van der Waals surface area contributed by atoms with E-state index in [1.165, 1.54) is 25.3 Å². The highest BCUT2D eigenvalue weighted by molar-refractivity contribution is 6.30. The van der Waals surface area contributed by atoms with Crippen molar-refractivity contribution in [2.45, 2.75) is 13.0 Å². The quantitative estimate of drug-likeness (QED) is 0.864. The maximum atomic E-state index is 14.0. The van der Waals surface area contributed by atoms with E-state index in [1.54, 1.807) is 0 Å². The van der Waals surface area contributed by atoms with E-state index >= 15 is 0 Å². The van der Waals surface area contributed by atoms with Crippen LogP contribution in [0.15, 0.2) is 42.5 Å². The van der Waals surface area contributed by atoms with Gasteiger partial charge in [-0.3, -0.25) is 0 Å². The molecule has 2 aromatic rings. The molecule has 0 aromatic heterocycles. The number of halogens is 2. The summed E-state index contributed by atoms with van der Waals surface area (Å²) in [4.78, 5) is 11.9. The van der Waals surface area contributed by atoms with Crippen molar-refractivity contribution < 1.29 is 13.9 Å². The van der Waals surface area contributed by atoms with Crippen molar-refractivity contribution in [3.05, 3.63) is 64.4 Å². The van der Waals surface area contributed by atoms with Crippen molar-refractivity contribution in [3.63, 3.8) is 0 Å². The van der Waals surface area contributed by atoms with E-state index in [9.17, 15) is 9.18 Å². The average molecular weight is 308 g/mol. The summed E-state index contributed by atoms with van der Waals surface area (Å²) < 4.78 is 18.8. The smallest absolute Gasteiger partial charge is 0.333 e. The molecule has 110 valence electrons. The molecule has 0 aliphatic heterocycles. The van der Waals surface area contributed by atoms with Gasteiger partial charge in [-0.1, -0.05) is 35.4 Å². The largest absolute Gasteiger partial charge is 0.467 e. The molecule has 0 saturated carbocycles. The molecule has 0 aliphatic carbocycles. The van der Waals surface area contributed by atoms with E-state index in [4.69, 9.17) is 16.3 Å². The SMILES string of the molecule is COC(=O)C(Nc1ccc(C)cc1)c1ccc(Cl)cc1F. The first-order chi connectivity index (χ1) is 10.0. The molecule has 21 heavy (non-hydrogen) atoms. The number of carbonyl (C=O) groups is 1. The lowest BCUT2D eigenvalue weighted by molar-refractivity contribution is -0.141. The monoisotopic (exact) mass is 307 g/mol. The van der Waals surface area contributed by atoms with Gasteiger partial charge < -0.3 is 10.1 Å². The van der Waals surface area contributed by atoms with Gasteiger partial charge in [0.2, 0.25) is 0 Å². The van der Waals surface area contributed by atoms with E-state index < -0.39 is 17.8 Å². The van der Waals surface area contributed by atoms with Gasteiger partial charge >= 0.3 is 5.97 Å². The highest BCUT2D eigenvalue weighted by atomic mass is 35.5. The number of anilines is 1. The predicted octanol–water partition coefficient (Wildman–Crippen LogP) is 4.11. The van der Waals surface area contributed by atoms with Crippen molar-refractivity contribution in [1.82, 2.24) is 0 Å². The Bertz CT molecular complexity index is 643. The van der Waals surface area contributed by atoms with Gasteiger partial charge in [0, 0.05) is 16.3 Å². The zero-order chi connectivity index (χ0) is 15.4. The van der Waals surface area contributed by atoms with Crippen LogP contribution in [-0.4, -0.2) is 13.1 Å². The van der Waals surface area contributed by atoms with Gasteiger partial charge in [-0.15, -0.1) is 0 Å². The lowest BCUT2D eigenvalue weighted by Crippen LogP contribution is -2.23. The van der Waals surface area contributed by atoms with E-state index in [0.717, 1.165) is 5.56 Å². The van der Waals surface area contributed by atoms with Gasteiger partial charge in [0.1, 0.15) is 5.82 Å². The predicted molar refractivity (Wildman–Crippen MR) is 81.0 cm³/mol. The Balaban J connectivity index is 2.34. The first kappa shape index (κ1) is 15.3. The summed E-state index contributed by atoms with van der Waals surface area (Å²) in [6.07, 6.45) is 0. The van der Waals surface area contributed by atoms with Crippen molar-refractivity contribution in [2.24, 2.45) is 0 Å². The Morgan fingerprint density at radius 3 is 2.48 bits per heavy atom. The molecule has 0 amide bonds. The fourth-order valence-electron chi connectivity index (χ4n) is 1.93. The molecule has 0 saturated heterocycles. The first-order valence-electron chi connectivity index (χ1n) is 6.37. The molecule has 0 heterocycles. The topological polar surface area (TPSA) is 38.3 Å². The third kappa shape index (κ3) is 3.73. The van der Waals surface area contributed by atoms with Gasteiger partial charge in [-0.25, -0.2) is 9.18 Å². The van der Waals surface area contributed by atoms with Crippen LogP contribution in [-0.2, 0) is 9.53 Å². The minimum atomic E-state index is -0.935.